The first-order valence-electron chi connectivity index (χ1n) is 11.0. The maximum absolute atomic E-state index is 13.7. The van der Waals surface area contributed by atoms with Crippen molar-refractivity contribution in [3.63, 3.8) is 0 Å². The first-order chi connectivity index (χ1) is 17.4. The van der Waals surface area contributed by atoms with Crippen LogP contribution in [-0.4, -0.2) is 25.9 Å². The number of amides is 1. The lowest BCUT2D eigenvalue weighted by atomic mass is 10.1. The Morgan fingerprint density at radius 3 is 2.06 bits per heavy atom. The summed E-state index contributed by atoms with van der Waals surface area (Å²) in [5.41, 5.74) is 1.47. The number of carbonyl (C=O) groups excluding carboxylic acids is 1. The Hall–Kier alpha value is -4.27. The molecule has 1 aliphatic rings. The van der Waals surface area contributed by atoms with Gasteiger partial charge in [0.1, 0.15) is 5.56 Å². The average Bonchev–Trinajstić information content (AvgIpc) is 3.16. The predicted octanol–water partition coefficient (Wildman–Crippen LogP) is 5.52. The minimum atomic E-state index is -0.565. The van der Waals surface area contributed by atoms with E-state index in [1.54, 1.807) is 79.7 Å². The van der Waals surface area contributed by atoms with Gasteiger partial charge in [-0.2, -0.15) is 10.1 Å². The number of anilines is 1. The molecule has 9 heteroatoms. The lowest BCUT2D eigenvalue weighted by Crippen LogP contribution is -2.26. The molecule has 7 nitrogen and oxygen atoms in total. The molecular formula is C27H19ClN4O3S. The van der Waals surface area contributed by atoms with Crippen LogP contribution < -0.4 is 10.6 Å². The van der Waals surface area contributed by atoms with Gasteiger partial charge in [-0.25, -0.2) is 0 Å². The highest BCUT2D eigenvalue weighted by Crippen LogP contribution is 2.29. The van der Waals surface area contributed by atoms with Crippen LogP contribution in [0.1, 0.15) is 12.5 Å². The van der Waals surface area contributed by atoms with Crippen LogP contribution in [0.25, 0.3) is 17.5 Å². The van der Waals surface area contributed by atoms with E-state index in [4.69, 9.17) is 23.8 Å². The number of benzene rings is 3. The van der Waals surface area contributed by atoms with Crippen LogP contribution in [0.4, 0.5) is 5.69 Å². The van der Waals surface area contributed by atoms with Crippen LogP contribution >= 0.6 is 23.8 Å². The van der Waals surface area contributed by atoms with Crippen LogP contribution in [0, 0.1) is 4.77 Å². The summed E-state index contributed by atoms with van der Waals surface area (Å²) in [5.74, 6) is -0.828. The van der Waals surface area contributed by atoms with Crippen molar-refractivity contribution in [3.05, 3.63) is 116 Å². The Morgan fingerprint density at radius 1 is 0.861 bits per heavy atom. The van der Waals surface area contributed by atoms with Gasteiger partial charge in [0.25, 0.3) is 11.5 Å². The summed E-state index contributed by atoms with van der Waals surface area (Å²) in [5, 5.41) is 17.3. The summed E-state index contributed by atoms with van der Waals surface area (Å²) in [6.45, 7) is 1.66. The van der Waals surface area contributed by atoms with E-state index >= 15 is 0 Å². The van der Waals surface area contributed by atoms with Crippen LogP contribution in [0.5, 0.6) is 5.88 Å². The van der Waals surface area contributed by atoms with E-state index in [-0.39, 0.29) is 21.8 Å². The molecule has 1 amide bonds. The Labute approximate surface area is 216 Å². The summed E-state index contributed by atoms with van der Waals surface area (Å²) >= 11 is 11.7. The number of hydrogen-bond donors (Lipinski definition) is 1. The molecule has 4 aromatic rings. The molecule has 0 unspecified atom stereocenters. The number of hydrazone groups is 1. The second-order valence-electron chi connectivity index (χ2n) is 8.01. The quantitative estimate of drug-likeness (QED) is 0.287. The summed E-state index contributed by atoms with van der Waals surface area (Å²) in [7, 11) is 0. The molecule has 3 aromatic carbocycles. The van der Waals surface area contributed by atoms with E-state index in [0.29, 0.717) is 27.8 Å². The smallest absolute Gasteiger partial charge is 0.280 e. The third kappa shape index (κ3) is 4.06. The number of aromatic nitrogens is 2. The highest BCUT2D eigenvalue weighted by molar-refractivity contribution is 7.71. The van der Waals surface area contributed by atoms with Gasteiger partial charge in [0.15, 0.2) is 4.77 Å². The van der Waals surface area contributed by atoms with Crippen molar-refractivity contribution in [2.45, 2.75) is 6.92 Å². The lowest BCUT2D eigenvalue weighted by molar-refractivity contribution is -0.114. The zero-order valence-electron chi connectivity index (χ0n) is 19.0. The Morgan fingerprint density at radius 2 is 1.44 bits per heavy atom. The summed E-state index contributed by atoms with van der Waals surface area (Å²) in [6, 6.07) is 24.6. The highest BCUT2D eigenvalue weighted by Gasteiger charge is 2.30. The monoisotopic (exact) mass is 514 g/mol. The molecule has 1 aliphatic heterocycles. The molecule has 0 atom stereocenters. The zero-order valence-corrected chi connectivity index (χ0v) is 20.6. The number of hydrogen-bond acceptors (Lipinski definition) is 5. The highest BCUT2D eigenvalue weighted by atomic mass is 35.5. The number of halogens is 1. The first kappa shape index (κ1) is 23.5. The van der Waals surface area contributed by atoms with Gasteiger partial charge in [-0.05, 0) is 67.7 Å². The predicted molar refractivity (Wildman–Crippen MR) is 144 cm³/mol. The van der Waals surface area contributed by atoms with E-state index in [2.05, 4.69) is 5.10 Å². The van der Waals surface area contributed by atoms with Crippen molar-refractivity contribution < 1.29 is 9.90 Å². The zero-order chi connectivity index (χ0) is 25.4. The normalized spacial score (nSPS) is 14.4. The van der Waals surface area contributed by atoms with Crippen molar-refractivity contribution in [1.82, 2.24) is 9.13 Å². The van der Waals surface area contributed by atoms with Crippen LogP contribution in [-0.2, 0) is 4.79 Å². The topological polar surface area (TPSA) is 79.8 Å². The third-order valence-electron chi connectivity index (χ3n) is 5.70. The SMILES string of the molecule is CC1=NN(c2cccc(Cl)c2)C(=O)/C1=C\c1c(O)n(-c2ccccc2)c(=S)n(-c2ccccc2)c1=O. The number of para-hydroxylation sites is 2. The van der Waals surface area contributed by atoms with Crippen molar-refractivity contribution in [2.75, 3.05) is 5.01 Å². The second-order valence-corrected chi connectivity index (χ2v) is 8.81. The molecule has 5 rings (SSSR count). The van der Waals surface area contributed by atoms with Gasteiger partial charge >= 0.3 is 0 Å². The van der Waals surface area contributed by atoms with Gasteiger partial charge in [-0.1, -0.05) is 54.1 Å². The number of aromatic hydroxyl groups is 1. The fraction of sp³-hybridized carbons (Fsp3) is 0.0370. The van der Waals surface area contributed by atoms with E-state index in [1.807, 2.05) is 12.1 Å². The van der Waals surface area contributed by atoms with Crippen molar-refractivity contribution in [1.29, 1.82) is 0 Å². The van der Waals surface area contributed by atoms with E-state index < -0.39 is 11.5 Å². The minimum absolute atomic E-state index is 0.0840. The van der Waals surface area contributed by atoms with Crippen molar-refractivity contribution in [3.8, 4) is 17.3 Å². The molecule has 0 saturated heterocycles. The maximum atomic E-state index is 13.7. The Kier molecular flexibility index (Phi) is 6.13. The maximum Gasteiger partial charge on any atom is 0.280 e. The molecule has 1 aromatic heterocycles. The standard InChI is InChI=1S/C27H19ClN4O3S/c1-17-22(26(35)32(29-17)21-14-8-9-18(28)15-21)16-23-24(33)30(19-10-4-2-5-11-19)27(36)31(25(23)34)20-12-6-3-7-13-20/h2-16,33H,1H3/b22-16-. The van der Waals surface area contributed by atoms with Gasteiger partial charge < -0.3 is 5.11 Å². The fourth-order valence-corrected chi connectivity index (χ4v) is 4.53. The molecule has 0 aliphatic carbocycles. The van der Waals surface area contributed by atoms with Gasteiger partial charge in [-0.15, -0.1) is 0 Å². The van der Waals surface area contributed by atoms with Crippen LogP contribution in [0.2, 0.25) is 5.02 Å². The largest absolute Gasteiger partial charge is 0.494 e. The molecule has 1 N–H and O–H groups in total. The molecular weight excluding hydrogens is 496 g/mol. The lowest BCUT2D eigenvalue weighted by Gasteiger charge is -2.17. The number of carbonyl (C=O) groups is 1. The first-order valence-corrected chi connectivity index (χ1v) is 11.7. The van der Waals surface area contributed by atoms with Gasteiger partial charge in [0, 0.05) is 5.02 Å². The fourth-order valence-electron chi connectivity index (χ4n) is 3.97. The molecule has 178 valence electrons. The van der Waals surface area contributed by atoms with Gasteiger partial charge in [0.2, 0.25) is 5.88 Å². The molecule has 0 saturated carbocycles. The summed E-state index contributed by atoms with van der Waals surface area (Å²) < 4.78 is 2.81. The molecule has 0 fully saturated rings. The van der Waals surface area contributed by atoms with Crippen LogP contribution in [0.3, 0.4) is 0 Å². The van der Waals surface area contributed by atoms with Gasteiger partial charge in [0.05, 0.1) is 28.3 Å². The van der Waals surface area contributed by atoms with Crippen molar-refractivity contribution in [2.24, 2.45) is 5.10 Å². The Balaban J connectivity index is 1.74. The molecule has 2 heterocycles. The van der Waals surface area contributed by atoms with E-state index in [9.17, 15) is 14.7 Å². The summed E-state index contributed by atoms with van der Waals surface area (Å²) in [4.78, 5) is 27.0. The molecule has 0 radical (unpaired) electrons. The molecule has 36 heavy (non-hydrogen) atoms. The summed E-state index contributed by atoms with van der Waals surface area (Å²) in [6.07, 6.45) is 1.36. The van der Waals surface area contributed by atoms with E-state index in [0.717, 1.165) is 0 Å². The molecule has 0 spiro atoms. The van der Waals surface area contributed by atoms with Crippen LogP contribution in [0.15, 0.2) is 100 Å². The Bertz CT molecular complexity index is 1680. The molecule has 0 bridgehead atoms. The third-order valence-corrected chi connectivity index (χ3v) is 6.30. The van der Waals surface area contributed by atoms with Gasteiger partial charge in [-0.3, -0.25) is 18.7 Å². The number of rotatable bonds is 4. The van der Waals surface area contributed by atoms with Crippen molar-refractivity contribution >= 4 is 47.2 Å². The number of nitrogens with zero attached hydrogens (tertiary/aromatic N) is 4. The van der Waals surface area contributed by atoms with E-state index in [1.165, 1.54) is 20.2 Å². The minimum Gasteiger partial charge on any atom is -0.494 e. The second kappa shape index (κ2) is 9.41. The average molecular weight is 515 g/mol.